The molecule has 25 heavy (non-hydrogen) atoms. The van der Waals surface area contributed by atoms with E-state index in [0.717, 1.165) is 26.5 Å². The molecule has 5 N–H and O–H groups in total. The summed E-state index contributed by atoms with van der Waals surface area (Å²) in [6.07, 6.45) is -1.26. The topological polar surface area (TPSA) is 135 Å². The van der Waals surface area contributed by atoms with Crippen LogP contribution >= 0.6 is 39.1 Å². The maximum Gasteiger partial charge on any atom is 0.228 e. The van der Waals surface area contributed by atoms with Crippen LogP contribution < -0.4 is 0 Å². The number of halogens is 3. The summed E-state index contributed by atoms with van der Waals surface area (Å²) < 4.78 is -0.735. The number of aliphatic hydroxyl groups excluding tert-OH is 5. The Bertz CT molecular complexity index is 262. The monoisotopic (exact) mass is 474 g/mol. The molecule has 156 valence electrons. The van der Waals surface area contributed by atoms with Crippen LogP contribution in [0.2, 0.25) is 0 Å². The van der Waals surface area contributed by atoms with E-state index in [1.807, 2.05) is 13.8 Å². The second-order valence-corrected chi connectivity index (χ2v) is 5.24. The van der Waals surface area contributed by atoms with Crippen LogP contribution in [0.15, 0.2) is 12.7 Å². The Labute approximate surface area is 169 Å². The van der Waals surface area contributed by atoms with Gasteiger partial charge < -0.3 is 25.5 Å². The number of hydrogen-bond donors (Lipinski definition) is 5. The number of carbonyl (C=O) groups is 2. The fraction of sp³-hybridized carbons (Fsp3) is 0.733. The highest BCUT2D eigenvalue weighted by molar-refractivity contribution is 9.18. The van der Waals surface area contributed by atoms with Crippen molar-refractivity contribution in [1.82, 2.24) is 0 Å². The predicted octanol–water partition coefficient (Wildman–Crippen LogP) is 1.83. The second kappa shape index (κ2) is 39.1. The molecule has 0 aromatic rings. The molecular weight excluding hydrogens is 443 g/mol. The number of carbonyl (C=O) groups excluding carboxylic acids is 2. The maximum atomic E-state index is 10.3. The first-order valence-corrected chi connectivity index (χ1v) is 8.65. The van der Waals surface area contributed by atoms with Crippen molar-refractivity contribution in [3.63, 3.8) is 0 Å². The van der Waals surface area contributed by atoms with Crippen molar-refractivity contribution in [2.24, 2.45) is 0 Å². The van der Waals surface area contributed by atoms with Crippen molar-refractivity contribution >= 4 is 49.1 Å². The van der Waals surface area contributed by atoms with E-state index in [4.69, 9.17) is 37.1 Å². The van der Waals surface area contributed by atoms with E-state index in [-0.39, 0.29) is 5.24 Å². The van der Waals surface area contributed by atoms with Crippen LogP contribution in [0.3, 0.4) is 0 Å². The molecule has 0 heterocycles. The SMILES string of the molecule is C=CC.CC(=O)Cl.CC(O)C(O)C(O)C(=O)Br.CCCCl.CO.CO. The lowest BCUT2D eigenvalue weighted by Crippen LogP contribution is -2.38. The first-order valence-electron chi connectivity index (χ1n) is 6.95. The molecule has 3 atom stereocenters. The van der Waals surface area contributed by atoms with Crippen LogP contribution in [0.1, 0.15) is 34.1 Å². The van der Waals surface area contributed by atoms with Gasteiger partial charge in [0.05, 0.1) is 6.10 Å². The van der Waals surface area contributed by atoms with E-state index < -0.39 is 23.0 Å². The average Bonchev–Trinajstić information content (AvgIpc) is 2.57. The van der Waals surface area contributed by atoms with Gasteiger partial charge in [-0.1, -0.05) is 13.0 Å². The minimum atomic E-state index is -1.56. The van der Waals surface area contributed by atoms with Crippen molar-refractivity contribution in [2.45, 2.75) is 52.4 Å². The maximum absolute atomic E-state index is 10.3. The first-order chi connectivity index (χ1) is 11.5. The zero-order valence-electron chi connectivity index (χ0n) is 15.6. The Hall–Kier alpha value is -0.0600. The standard InChI is InChI=1S/C5H9BrO4.C3H7Cl.C3H6.C2H3ClO.2CH4O/c1-2(7)3(8)4(9)5(6)10;1-2-3-4;1-3-2;1-2(3)4;2*1-2/h2-4,7-9H,1H3;2-3H2,1H3;3H,1H2,2H3;1H3;2*2H,1H3. The molecule has 0 aliphatic heterocycles. The summed E-state index contributed by atoms with van der Waals surface area (Å²) >= 11 is 12.3. The molecule has 0 rings (SSSR count). The Kier molecular flexibility index (Phi) is 62.4. The largest absolute Gasteiger partial charge is 0.400 e. The van der Waals surface area contributed by atoms with Crippen molar-refractivity contribution in [2.75, 3.05) is 20.1 Å². The van der Waals surface area contributed by atoms with Gasteiger partial charge in [-0.2, -0.15) is 0 Å². The van der Waals surface area contributed by atoms with Gasteiger partial charge in [-0.15, -0.1) is 18.2 Å². The Morgan fingerprint density at radius 1 is 1.16 bits per heavy atom. The van der Waals surface area contributed by atoms with Crippen LogP contribution in [-0.2, 0) is 9.59 Å². The fourth-order valence-electron chi connectivity index (χ4n) is 0.398. The molecule has 7 nitrogen and oxygen atoms in total. The molecule has 0 spiro atoms. The highest BCUT2D eigenvalue weighted by atomic mass is 79.9. The second-order valence-electron chi connectivity index (χ2n) is 3.55. The van der Waals surface area contributed by atoms with E-state index in [2.05, 4.69) is 34.1 Å². The summed E-state index contributed by atoms with van der Waals surface area (Å²) in [5.41, 5.74) is 0. The number of alkyl halides is 1. The molecule has 0 fully saturated rings. The van der Waals surface area contributed by atoms with Gasteiger partial charge in [0.15, 0.2) is 6.10 Å². The van der Waals surface area contributed by atoms with Crippen LogP contribution in [0.25, 0.3) is 0 Å². The van der Waals surface area contributed by atoms with E-state index >= 15 is 0 Å². The van der Waals surface area contributed by atoms with E-state index in [9.17, 15) is 9.59 Å². The Balaban J connectivity index is -0.0000000505. The minimum Gasteiger partial charge on any atom is -0.400 e. The van der Waals surface area contributed by atoms with Gasteiger partial charge in [-0.05, 0) is 47.8 Å². The summed E-state index contributed by atoms with van der Waals surface area (Å²) in [6, 6.07) is 0. The third-order valence-corrected chi connectivity index (χ3v) is 2.09. The van der Waals surface area contributed by atoms with Gasteiger partial charge in [0.25, 0.3) is 0 Å². The predicted molar refractivity (Wildman–Crippen MR) is 107 cm³/mol. The smallest absolute Gasteiger partial charge is 0.228 e. The normalized spacial score (nSPS) is 11.1. The van der Waals surface area contributed by atoms with Crippen LogP contribution in [-0.4, -0.2) is 73.9 Å². The molecule has 0 aliphatic rings. The van der Waals surface area contributed by atoms with Gasteiger partial charge >= 0.3 is 0 Å². The van der Waals surface area contributed by atoms with Crippen LogP contribution in [0.5, 0.6) is 0 Å². The number of rotatable bonds is 4. The third-order valence-electron chi connectivity index (χ3n) is 1.24. The number of allylic oxidation sites excluding steroid dienone is 1. The molecule has 0 aliphatic carbocycles. The molecule has 0 bridgehead atoms. The Morgan fingerprint density at radius 3 is 1.40 bits per heavy atom. The number of hydrogen-bond acceptors (Lipinski definition) is 7. The zero-order valence-corrected chi connectivity index (χ0v) is 18.7. The lowest BCUT2D eigenvalue weighted by molar-refractivity contribution is -0.128. The van der Waals surface area contributed by atoms with Gasteiger partial charge in [-0.3, -0.25) is 9.59 Å². The quantitative estimate of drug-likeness (QED) is 0.237. The zero-order chi connectivity index (χ0) is 22.0. The molecule has 3 unspecified atom stereocenters. The summed E-state index contributed by atoms with van der Waals surface area (Å²) in [5.74, 6) is 0.792. The average molecular weight is 476 g/mol. The number of aliphatic hydroxyl groups is 5. The summed E-state index contributed by atoms with van der Waals surface area (Å²) in [5, 5.41) is 39.9. The minimum absolute atomic E-state index is 0.361. The summed E-state index contributed by atoms with van der Waals surface area (Å²) in [6.45, 7) is 9.87. The third kappa shape index (κ3) is 68.8. The van der Waals surface area contributed by atoms with E-state index in [1.165, 1.54) is 13.8 Å². The Morgan fingerprint density at radius 2 is 1.36 bits per heavy atom. The van der Waals surface area contributed by atoms with Crippen molar-refractivity contribution in [3.8, 4) is 0 Å². The summed E-state index contributed by atoms with van der Waals surface area (Å²) in [7, 11) is 2.00. The molecule has 0 aromatic carbocycles. The fourth-order valence-corrected chi connectivity index (χ4v) is 0.669. The highest BCUT2D eigenvalue weighted by Gasteiger charge is 2.25. The van der Waals surface area contributed by atoms with Crippen LogP contribution in [0.4, 0.5) is 0 Å². The lowest BCUT2D eigenvalue weighted by atomic mass is 10.1. The van der Waals surface area contributed by atoms with E-state index in [1.54, 1.807) is 6.08 Å². The van der Waals surface area contributed by atoms with Crippen molar-refractivity contribution in [3.05, 3.63) is 12.7 Å². The molecule has 0 radical (unpaired) electrons. The molecule has 0 amide bonds. The van der Waals surface area contributed by atoms with Gasteiger partial charge in [0.1, 0.15) is 6.10 Å². The van der Waals surface area contributed by atoms with Crippen molar-refractivity contribution in [1.29, 1.82) is 0 Å². The molecule has 0 saturated carbocycles. The first kappa shape index (κ1) is 39.8. The molecule has 10 heteroatoms. The molecule has 0 saturated heterocycles. The summed E-state index contributed by atoms with van der Waals surface area (Å²) in [4.78, 5) is 19.5. The van der Waals surface area contributed by atoms with Gasteiger partial charge in [0, 0.05) is 27.0 Å². The van der Waals surface area contributed by atoms with Gasteiger partial charge in [0.2, 0.25) is 9.93 Å². The van der Waals surface area contributed by atoms with Gasteiger partial charge in [-0.25, -0.2) is 0 Å². The van der Waals surface area contributed by atoms with E-state index in [0.29, 0.717) is 0 Å². The molecular formula is C15H33BrCl2O7. The highest BCUT2D eigenvalue weighted by Crippen LogP contribution is 2.03. The van der Waals surface area contributed by atoms with Crippen LogP contribution in [0, 0.1) is 0 Å². The lowest BCUT2D eigenvalue weighted by Gasteiger charge is -2.16. The molecule has 0 aromatic heterocycles. The van der Waals surface area contributed by atoms with Crippen molar-refractivity contribution < 1.29 is 35.1 Å².